The standard InChI is InChI=1S/C13H8F2N2O4/c14-13(15)20-9-5-4-7(6-10(9)21-13)16-12(19)8-2-1-3-11(18)17-8/h1-6H,(H,16,19)(H,17,18). The Kier molecular flexibility index (Phi) is 2.86. The van der Waals surface area contributed by atoms with Crippen LogP contribution in [0.5, 0.6) is 11.5 Å². The van der Waals surface area contributed by atoms with E-state index in [0.717, 1.165) is 0 Å². The summed E-state index contributed by atoms with van der Waals surface area (Å²) in [5.41, 5.74) is -0.150. The zero-order chi connectivity index (χ0) is 15.0. The Morgan fingerprint density at radius 1 is 1.14 bits per heavy atom. The van der Waals surface area contributed by atoms with Gasteiger partial charge in [0.2, 0.25) is 5.56 Å². The number of anilines is 1. The number of benzene rings is 1. The molecule has 2 heterocycles. The van der Waals surface area contributed by atoms with Crippen LogP contribution in [0.15, 0.2) is 41.2 Å². The Morgan fingerprint density at radius 2 is 1.90 bits per heavy atom. The van der Waals surface area contributed by atoms with Gasteiger partial charge in [0.15, 0.2) is 11.5 Å². The maximum absolute atomic E-state index is 12.9. The number of H-pyrrole nitrogens is 1. The van der Waals surface area contributed by atoms with E-state index >= 15 is 0 Å². The predicted molar refractivity (Wildman–Crippen MR) is 67.7 cm³/mol. The van der Waals surface area contributed by atoms with Gasteiger partial charge in [-0.3, -0.25) is 9.59 Å². The molecule has 21 heavy (non-hydrogen) atoms. The second-order valence-corrected chi connectivity index (χ2v) is 4.21. The lowest BCUT2D eigenvalue weighted by atomic mass is 10.2. The van der Waals surface area contributed by atoms with E-state index in [2.05, 4.69) is 19.8 Å². The second-order valence-electron chi connectivity index (χ2n) is 4.21. The Labute approximate surface area is 116 Å². The lowest BCUT2D eigenvalue weighted by Gasteiger charge is -2.05. The molecule has 8 heteroatoms. The molecule has 0 atom stereocenters. The van der Waals surface area contributed by atoms with Gasteiger partial charge in [0, 0.05) is 17.8 Å². The highest BCUT2D eigenvalue weighted by Crippen LogP contribution is 2.42. The van der Waals surface area contributed by atoms with E-state index < -0.39 is 17.8 Å². The smallest absolute Gasteiger partial charge is 0.395 e. The molecule has 0 spiro atoms. The predicted octanol–water partition coefficient (Wildman–Crippen LogP) is 1.95. The first-order chi connectivity index (χ1) is 9.93. The quantitative estimate of drug-likeness (QED) is 0.887. The van der Waals surface area contributed by atoms with E-state index in [-0.39, 0.29) is 22.9 Å². The fourth-order valence-electron chi connectivity index (χ4n) is 1.81. The largest absolute Gasteiger partial charge is 0.586 e. The number of aromatic amines is 1. The molecule has 3 rings (SSSR count). The van der Waals surface area contributed by atoms with E-state index in [1.54, 1.807) is 0 Å². The Morgan fingerprint density at radius 3 is 2.67 bits per heavy atom. The van der Waals surface area contributed by atoms with Crippen molar-refractivity contribution in [3.8, 4) is 11.5 Å². The highest BCUT2D eigenvalue weighted by Gasteiger charge is 2.43. The van der Waals surface area contributed by atoms with Gasteiger partial charge in [0.05, 0.1) is 0 Å². The number of ether oxygens (including phenoxy) is 2. The molecule has 1 aliphatic rings. The number of aromatic nitrogens is 1. The number of halogens is 2. The van der Waals surface area contributed by atoms with E-state index in [4.69, 9.17) is 0 Å². The molecule has 0 bridgehead atoms. The number of carbonyl (C=O) groups is 1. The molecule has 0 radical (unpaired) electrons. The lowest BCUT2D eigenvalue weighted by Crippen LogP contribution is -2.25. The van der Waals surface area contributed by atoms with E-state index in [0.29, 0.717) is 0 Å². The van der Waals surface area contributed by atoms with Gasteiger partial charge >= 0.3 is 6.29 Å². The van der Waals surface area contributed by atoms with Gasteiger partial charge in [-0.15, -0.1) is 8.78 Å². The van der Waals surface area contributed by atoms with Crippen LogP contribution >= 0.6 is 0 Å². The van der Waals surface area contributed by atoms with Crippen LogP contribution in [-0.4, -0.2) is 17.2 Å². The molecule has 0 aliphatic carbocycles. The summed E-state index contributed by atoms with van der Waals surface area (Å²) >= 11 is 0. The minimum Gasteiger partial charge on any atom is -0.395 e. The minimum atomic E-state index is -3.71. The summed E-state index contributed by atoms with van der Waals surface area (Å²) in [6, 6.07) is 7.93. The van der Waals surface area contributed by atoms with Gasteiger partial charge in [0.25, 0.3) is 5.91 Å². The zero-order valence-corrected chi connectivity index (χ0v) is 10.4. The SMILES string of the molecule is O=C(Nc1ccc2c(c1)OC(F)(F)O2)c1cccc(=O)[nH]1. The first kappa shape index (κ1) is 13.1. The van der Waals surface area contributed by atoms with Crippen molar-refractivity contribution in [2.24, 2.45) is 0 Å². The average Bonchev–Trinajstić information content (AvgIpc) is 2.72. The van der Waals surface area contributed by atoms with Gasteiger partial charge in [-0.05, 0) is 18.2 Å². The summed E-state index contributed by atoms with van der Waals surface area (Å²) < 4.78 is 34.3. The summed E-state index contributed by atoms with van der Waals surface area (Å²) in [5, 5.41) is 2.45. The number of hydrogen-bond donors (Lipinski definition) is 2. The van der Waals surface area contributed by atoms with E-state index in [9.17, 15) is 18.4 Å². The van der Waals surface area contributed by atoms with Crippen LogP contribution in [0.1, 0.15) is 10.5 Å². The number of fused-ring (bicyclic) bond motifs is 1. The van der Waals surface area contributed by atoms with Crippen molar-refractivity contribution >= 4 is 11.6 Å². The maximum Gasteiger partial charge on any atom is 0.586 e. The fraction of sp³-hybridized carbons (Fsp3) is 0.0769. The van der Waals surface area contributed by atoms with Crippen LogP contribution in [0, 0.1) is 0 Å². The van der Waals surface area contributed by atoms with Gasteiger partial charge < -0.3 is 19.8 Å². The lowest BCUT2D eigenvalue weighted by molar-refractivity contribution is -0.286. The van der Waals surface area contributed by atoms with Gasteiger partial charge in [-0.1, -0.05) is 6.07 Å². The number of pyridine rings is 1. The number of carbonyl (C=O) groups excluding carboxylic acids is 1. The van der Waals surface area contributed by atoms with Crippen LogP contribution in [0.3, 0.4) is 0 Å². The van der Waals surface area contributed by atoms with Gasteiger partial charge in [-0.2, -0.15) is 0 Å². The van der Waals surface area contributed by atoms with Crippen molar-refractivity contribution in [1.82, 2.24) is 4.98 Å². The highest BCUT2D eigenvalue weighted by molar-refractivity contribution is 6.02. The molecule has 2 aromatic rings. The molecule has 2 N–H and O–H groups in total. The van der Waals surface area contributed by atoms with Gasteiger partial charge in [-0.25, -0.2) is 0 Å². The first-order valence-electron chi connectivity index (χ1n) is 5.83. The van der Waals surface area contributed by atoms with E-state index in [1.165, 1.54) is 36.4 Å². The zero-order valence-electron chi connectivity index (χ0n) is 10.4. The second kappa shape index (κ2) is 4.58. The number of alkyl halides is 2. The molecular weight excluding hydrogens is 286 g/mol. The van der Waals surface area contributed by atoms with Crippen LogP contribution in [0.2, 0.25) is 0 Å². The van der Waals surface area contributed by atoms with Crippen molar-refractivity contribution in [2.45, 2.75) is 6.29 Å². The topological polar surface area (TPSA) is 80.4 Å². The third-order valence-electron chi connectivity index (χ3n) is 2.67. The molecule has 108 valence electrons. The molecular formula is C13H8F2N2O4. The number of amides is 1. The van der Waals surface area contributed by atoms with Crippen LogP contribution < -0.4 is 20.3 Å². The molecule has 1 aromatic heterocycles. The fourth-order valence-corrected chi connectivity index (χ4v) is 1.81. The van der Waals surface area contributed by atoms with Crippen molar-refractivity contribution in [3.05, 3.63) is 52.4 Å². The van der Waals surface area contributed by atoms with Gasteiger partial charge in [0.1, 0.15) is 5.69 Å². The summed E-state index contributed by atoms with van der Waals surface area (Å²) in [5.74, 6) is -0.885. The number of hydrogen-bond acceptors (Lipinski definition) is 4. The summed E-state index contributed by atoms with van der Waals surface area (Å²) in [6.07, 6.45) is -3.71. The third kappa shape index (κ3) is 2.69. The highest BCUT2D eigenvalue weighted by atomic mass is 19.3. The van der Waals surface area contributed by atoms with E-state index in [1.807, 2.05) is 0 Å². The summed E-state index contributed by atoms with van der Waals surface area (Å²) in [6.45, 7) is 0. The Balaban J connectivity index is 1.81. The molecule has 6 nitrogen and oxygen atoms in total. The average molecular weight is 294 g/mol. The maximum atomic E-state index is 12.9. The van der Waals surface area contributed by atoms with Crippen LogP contribution in [0.4, 0.5) is 14.5 Å². The molecule has 1 amide bonds. The normalized spacial score (nSPS) is 14.8. The molecule has 0 fully saturated rings. The molecule has 0 unspecified atom stereocenters. The van der Waals surface area contributed by atoms with Crippen molar-refractivity contribution in [2.75, 3.05) is 5.32 Å². The monoisotopic (exact) mass is 294 g/mol. The summed E-state index contributed by atoms with van der Waals surface area (Å²) in [7, 11) is 0. The Bertz CT molecular complexity index is 773. The minimum absolute atomic E-state index is 0.0468. The van der Waals surface area contributed by atoms with Crippen molar-refractivity contribution < 1.29 is 23.0 Å². The number of nitrogens with one attached hydrogen (secondary N) is 2. The molecule has 0 saturated carbocycles. The van der Waals surface area contributed by atoms with Crippen molar-refractivity contribution in [1.29, 1.82) is 0 Å². The third-order valence-corrected chi connectivity index (χ3v) is 2.67. The molecule has 1 aliphatic heterocycles. The number of rotatable bonds is 2. The van der Waals surface area contributed by atoms with Crippen LogP contribution in [-0.2, 0) is 0 Å². The van der Waals surface area contributed by atoms with Crippen molar-refractivity contribution in [3.63, 3.8) is 0 Å². The molecule has 0 saturated heterocycles. The van der Waals surface area contributed by atoms with Crippen LogP contribution in [0.25, 0.3) is 0 Å². The summed E-state index contributed by atoms with van der Waals surface area (Å²) in [4.78, 5) is 25.4. The first-order valence-corrected chi connectivity index (χ1v) is 5.83. The molecule has 1 aromatic carbocycles. The Hall–Kier alpha value is -2.90.